The Hall–Kier alpha value is -0.330. The average Bonchev–Trinajstić information content (AvgIpc) is 2.34. The fourth-order valence-electron chi connectivity index (χ4n) is 2.05. The second-order valence-corrected chi connectivity index (χ2v) is 7.39. The summed E-state index contributed by atoms with van der Waals surface area (Å²) in [5.41, 5.74) is 0.668. The molecule has 0 unspecified atom stereocenters. The summed E-state index contributed by atoms with van der Waals surface area (Å²) in [6.45, 7) is 2.35. The van der Waals surface area contributed by atoms with E-state index in [1.165, 1.54) is 16.4 Å². The van der Waals surface area contributed by atoms with Crippen LogP contribution in [0.25, 0.3) is 0 Å². The van der Waals surface area contributed by atoms with Gasteiger partial charge in [0, 0.05) is 18.1 Å². The van der Waals surface area contributed by atoms with Crippen molar-refractivity contribution < 1.29 is 13.5 Å². The van der Waals surface area contributed by atoms with E-state index in [0.717, 1.165) is 0 Å². The van der Waals surface area contributed by atoms with E-state index in [1.54, 1.807) is 6.92 Å². The van der Waals surface area contributed by atoms with Gasteiger partial charge in [-0.3, -0.25) is 0 Å². The maximum atomic E-state index is 12.5. The van der Waals surface area contributed by atoms with E-state index in [2.05, 4.69) is 0 Å². The number of nitrogens with zero attached hydrogens (tertiary/aromatic N) is 1. The van der Waals surface area contributed by atoms with E-state index in [-0.39, 0.29) is 9.92 Å². The molecule has 0 spiro atoms. The number of hydrogen-bond acceptors (Lipinski definition) is 3. The van der Waals surface area contributed by atoms with Crippen LogP contribution in [-0.2, 0) is 10.0 Å². The largest absolute Gasteiger partial charge is 0.393 e. The van der Waals surface area contributed by atoms with Gasteiger partial charge in [-0.05, 0) is 37.5 Å². The minimum Gasteiger partial charge on any atom is -0.393 e. The quantitative estimate of drug-likeness (QED) is 0.909. The fourth-order valence-corrected chi connectivity index (χ4v) is 4.33. The van der Waals surface area contributed by atoms with Gasteiger partial charge >= 0.3 is 0 Å². The summed E-state index contributed by atoms with van der Waals surface area (Å²) >= 11 is 11.9. The Labute approximate surface area is 123 Å². The van der Waals surface area contributed by atoms with Crippen LogP contribution in [0.5, 0.6) is 0 Å². The minimum atomic E-state index is -3.62. The van der Waals surface area contributed by atoms with E-state index >= 15 is 0 Å². The highest BCUT2D eigenvalue weighted by atomic mass is 35.5. The molecule has 1 aromatic carbocycles. The third kappa shape index (κ3) is 3.06. The lowest BCUT2D eigenvalue weighted by atomic mass is 10.1. The van der Waals surface area contributed by atoms with Crippen LogP contribution in [0, 0.1) is 6.92 Å². The molecule has 1 saturated heterocycles. The first-order valence-corrected chi connectivity index (χ1v) is 8.16. The van der Waals surface area contributed by atoms with Gasteiger partial charge in [0.25, 0.3) is 0 Å². The van der Waals surface area contributed by atoms with Gasteiger partial charge in [0.15, 0.2) is 0 Å². The number of sulfonamides is 1. The Kier molecular flexibility index (Phi) is 4.42. The topological polar surface area (TPSA) is 57.6 Å². The van der Waals surface area contributed by atoms with Crippen LogP contribution in [0.4, 0.5) is 0 Å². The van der Waals surface area contributed by atoms with Crippen molar-refractivity contribution in [3.63, 3.8) is 0 Å². The molecule has 1 aliphatic heterocycles. The smallest absolute Gasteiger partial charge is 0.244 e. The number of halogens is 2. The number of aryl methyl sites for hydroxylation is 1. The second kappa shape index (κ2) is 5.58. The predicted molar refractivity (Wildman–Crippen MR) is 75.2 cm³/mol. The molecule has 0 bridgehead atoms. The molecular weight excluding hydrogens is 309 g/mol. The molecule has 1 fully saturated rings. The summed E-state index contributed by atoms with van der Waals surface area (Å²) in [7, 11) is -3.62. The molecule has 0 amide bonds. The van der Waals surface area contributed by atoms with Crippen LogP contribution in [0.2, 0.25) is 10.0 Å². The highest BCUT2D eigenvalue weighted by molar-refractivity contribution is 7.89. The third-order valence-electron chi connectivity index (χ3n) is 3.25. The second-order valence-electron chi connectivity index (χ2n) is 4.67. The highest BCUT2D eigenvalue weighted by Crippen LogP contribution is 2.31. The van der Waals surface area contributed by atoms with Crippen LogP contribution in [-0.4, -0.2) is 37.0 Å². The summed E-state index contributed by atoms with van der Waals surface area (Å²) in [4.78, 5) is 0.0763. The fraction of sp³-hybridized carbons (Fsp3) is 0.500. The van der Waals surface area contributed by atoms with Crippen LogP contribution >= 0.6 is 23.2 Å². The number of rotatable bonds is 2. The van der Waals surface area contributed by atoms with E-state index < -0.39 is 16.1 Å². The lowest BCUT2D eigenvalue weighted by Crippen LogP contribution is -2.40. The lowest BCUT2D eigenvalue weighted by molar-refractivity contribution is 0.113. The van der Waals surface area contributed by atoms with Crippen molar-refractivity contribution in [2.24, 2.45) is 0 Å². The summed E-state index contributed by atoms with van der Waals surface area (Å²) in [6.07, 6.45) is 0.473. The van der Waals surface area contributed by atoms with Gasteiger partial charge in [0.05, 0.1) is 11.1 Å². The first kappa shape index (κ1) is 15.1. The Bertz CT molecular complexity index is 581. The van der Waals surface area contributed by atoms with Gasteiger partial charge in [-0.25, -0.2) is 8.42 Å². The van der Waals surface area contributed by atoms with Crippen LogP contribution in [0.1, 0.15) is 18.4 Å². The maximum absolute atomic E-state index is 12.5. The molecule has 4 nitrogen and oxygen atoms in total. The lowest BCUT2D eigenvalue weighted by Gasteiger charge is -2.29. The van der Waals surface area contributed by atoms with E-state index in [0.29, 0.717) is 36.5 Å². The normalized spacial score (nSPS) is 18.7. The minimum absolute atomic E-state index is 0.0763. The summed E-state index contributed by atoms with van der Waals surface area (Å²) < 4.78 is 26.3. The van der Waals surface area contributed by atoms with Crippen LogP contribution < -0.4 is 0 Å². The molecule has 0 aliphatic carbocycles. The van der Waals surface area contributed by atoms with Gasteiger partial charge in [-0.15, -0.1) is 0 Å². The molecule has 1 aromatic rings. The van der Waals surface area contributed by atoms with Gasteiger partial charge < -0.3 is 5.11 Å². The van der Waals surface area contributed by atoms with Gasteiger partial charge in [0.1, 0.15) is 4.90 Å². The molecule has 19 heavy (non-hydrogen) atoms. The average molecular weight is 324 g/mol. The molecule has 1 heterocycles. The predicted octanol–water partition coefficient (Wildman–Crippen LogP) is 2.45. The van der Waals surface area contributed by atoms with Crippen molar-refractivity contribution >= 4 is 33.2 Å². The molecule has 0 aromatic heterocycles. The van der Waals surface area contributed by atoms with E-state index in [1.807, 2.05) is 0 Å². The van der Waals surface area contributed by atoms with E-state index in [4.69, 9.17) is 23.2 Å². The molecular formula is C12H15Cl2NO3S. The van der Waals surface area contributed by atoms with Crippen molar-refractivity contribution in [1.29, 1.82) is 0 Å². The Morgan fingerprint density at radius 2 is 1.79 bits per heavy atom. The van der Waals surface area contributed by atoms with Gasteiger partial charge in [0.2, 0.25) is 10.0 Å². The zero-order chi connectivity index (χ0) is 14.2. The molecule has 0 atom stereocenters. The van der Waals surface area contributed by atoms with Crippen molar-refractivity contribution in [1.82, 2.24) is 4.31 Å². The zero-order valence-corrected chi connectivity index (χ0v) is 12.8. The third-order valence-corrected chi connectivity index (χ3v) is 6.02. The summed E-state index contributed by atoms with van der Waals surface area (Å²) in [5, 5.41) is 10.0. The number of piperidine rings is 1. The SMILES string of the molecule is Cc1cc(S(=O)(=O)N2CCC(O)CC2)c(Cl)cc1Cl. The van der Waals surface area contributed by atoms with Crippen LogP contribution in [0.3, 0.4) is 0 Å². The van der Waals surface area contributed by atoms with E-state index in [9.17, 15) is 13.5 Å². The maximum Gasteiger partial charge on any atom is 0.244 e. The molecule has 7 heteroatoms. The van der Waals surface area contributed by atoms with Crippen LogP contribution in [0.15, 0.2) is 17.0 Å². The molecule has 0 radical (unpaired) electrons. The first-order chi connectivity index (χ1) is 8.82. The molecule has 1 N–H and O–H groups in total. The van der Waals surface area contributed by atoms with Gasteiger partial charge in [-0.1, -0.05) is 23.2 Å². The van der Waals surface area contributed by atoms with Gasteiger partial charge in [-0.2, -0.15) is 4.31 Å². The molecule has 0 saturated carbocycles. The van der Waals surface area contributed by atoms with Crippen molar-refractivity contribution in [2.45, 2.75) is 30.8 Å². The monoisotopic (exact) mass is 323 g/mol. The number of benzene rings is 1. The van der Waals surface area contributed by atoms with Crippen molar-refractivity contribution in [3.8, 4) is 0 Å². The number of aliphatic hydroxyl groups excluding tert-OH is 1. The number of hydrogen-bond donors (Lipinski definition) is 1. The standard InChI is InChI=1S/C12H15Cl2NO3S/c1-8-6-12(11(14)7-10(8)13)19(17,18)15-4-2-9(16)3-5-15/h6-7,9,16H,2-5H2,1H3. The molecule has 1 aliphatic rings. The summed E-state index contributed by atoms with van der Waals surface area (Å²) in [5.74, 6) is 0. The first-order valence-electron chi connectivity index (χ1n) is 5.96. The Balaban J connectivity index is 2.37. The number of aliphatic hydroxyl groups is 1. The van der Waals surface area contributed by atoms with Crippen molar-refractivity contribution in [3.05, 3.63) is 27.7 Å². The van der Waals surface area contributed by atoms with Crippen molar-refractivity contribution in [2.75, 3.05) is 13.1 Å². The molecule has 2 rings (SSSR count). The Morgan fingerprint density at radius 3 is 2.37 bits per heavy atom. The summed E-state index contributed by atoms with van der Waals surface area (Å²) in [6, 6.07) is 2.94. The Morgan fingerprint density at radius 1 is 1.21 bits per heavy atom. The highest BCUT2D eigenvalue weighted by Gasteiger charge is 2.30. The zero-order valence-electron chi connectivity index (χ0n) is 10.4. The molecule has 106 valence electrons.